The first kappa shape index (κ1) is 12.0. The molecule has 1 N–H and O–H groups in total. The van der Waals surface area contributed by atoms with Crippen LogP contribution in [-0.2, 0) is 0 Å². The number of fused-ring (bicyclic) bond motifs is 2. The second kappa shape index (κ2) is 3.84. The van der Waals surface area contributed by atoms with E-state index in [9.17, 15) is 0 Å². The summed E-state index contributed by atoms with van der Waals surface area (Å²) in [6.45, 7) is 11.4. The molecule has 0 amide bonds. The van der Waals surface area contributed by atoms with Crippen LogP contribution in [0.5, 0.6) is 0 Å². The molecule has 2 fully saturated rings. The molecule has 1 nitrogen and oxygen atoms in total. The minimum absolute atomic E-state index is 0.562. The van der Waals surface area contributed by atoms with Crippen molar-refractivity contribution in [1.82, 2.24) is 5.32 Å². The summed E-state index contributed by atoms with van der Waals surface area (Å²) in [5, 5.41) is 3.49. The quantitative estimate of drug-likeness (QED) is 0.679. The van der Waals surface area contributed by atoms with Gasteiger partial charge in [-0.25, -0.2) is 0 Å². The Balaban J connectivity index is 0.000000461. The number of rotatable bonds is 1. The second-order valence-corrected chi connectivity index (χ2v) is 5.45. The molecule has 2 saturated carbocycles. The van der Waals surface area contributed by atoms with Gasteiger partial charge in [-0.1, -0.05) is 34.6 Å². The maximum Gasteiger partial charge on any atom is 0.0126 e. The Kier molecular flexibility index (Phi) is 3.30. The molecule has 2 bridgehead atoms. The van der Waals surface area contributed by atoms with Crippen LogP contribution in [0, 0.1) is 16.7 Å². The SMILES string of the molecule is CC.CNC1CC2CCC1(C)C2(C)C. The van der Waals surface area contributed by atoms with Crippen LogP contribution in [0.25, 0.3) is 0 Å². The van der Waals surface area contributed by atoms with E-state index >= 15 is 0 Å². The molecule has 1 heteroatoms. The molecular formula is C13H27N. The highest BCUT2D eigenvalue weighted by Gasteiger charge is 2.60. The molecule has 14 heavy (non-hydrogen) atoms. The normalized spacial score (nSPS) is 43.3. The van der Waals surface area contributed by atoms with Crippen molar-refractivity contribution in [2.45, 2.75) is 59.9 Å². The van der Waals surface area contributed by atoms with Gasteiger partial charge in [0.1, 0.15) is 0 Å². The molecule has 2 aliphatic carbocycles. The summed E-state index contributed by atoms with van der Waals surface area (Å²) in [7, 11) is 2.12. The standard InChI is InChI=1S/C11H21N.C2H6/c1-10(2)8-5-6-11(10,3)9(7-8)12-4;1-2/h8-9,12H,5-7H2,1-4H3;1-2H3. The fourth-order valence-corrected chi connectivity index (χ4v) is 3.64. The summed E-state index contributed by atoms with van der Waals surface area (Å²) < 4.78 is 0. The fraction of sp³-hybridized carbons (Fsp3) is 1.00. The van der Waals surface area contributed by atoms with E-state index in [0.717, 1.165) is 12.0 Å². The van der Waals surface area contributed by atoms with E-state index in [1.807, 2.05) is 13.8 Å². The zero-order valence-electron chi connectivity index (χ0n) is 10.8. The maximum absolute atomic E-state index is 3.49. The van der Waals surface area contributed by atoms with E-state index in [4.69, 9.17) is 0 Å². The number of nitrogens with one attached hydrogen (secondary N) is 1. The Morgan fingerprint density at radius 3 is 1.93 bits per heavy atom. The Hall–Kier alpha value is -0.0400. The molecule has 0 spiro atoms. The molecule has 0 aromatic carbocycles. The predicted molar refractivity (Wildman–Crippen MR) is 63.4 cm³/mol. The molecule has 0 heterocycles. The highest BCUT2D eigenvalue weighted by Crippen LogP contribution is 2.65. The lowest BCUT2D eigenvalue weighted by atomic mass is 9.69. The molecule has 2 aliphatic rings. The summed E-state index contributed by atoms with van der Waals surface area (Å²) in [4.78, 5) is 0. The van der Waals surface area contributed by atoms with Crippen molar-refractivity contribution in [1.29, 1.82) is 0 Å². The Morgan fingerprint density at radius 1 is 1.14 bits per heavy atom. The highest BCUT2D eigenvalue weighted by atomic mass is 14.9. The predicted octanol–water partition coefficient (Wildman–Crippen LogP) is 3.45. The van der Waals surface area contributed by atoms with E-state index in [0.29, 0.717) is 10.8 Å². The highest BCUT2D eigenvalue weighted by molar-refractivity contribution is 5.12. The van der Waals surface area contributed by atoms with Gasteiger partial charge in [0, 0.05) is 6.04 Å². The molecule has 3 atom stereocenters. The second-order valence-electron chi connectivity index (χ2n) is 5.45. The van der Waals surface area contributed by atoms with Gasteiger partial charge in [-0.05, 0) is 43.1 Å². The minimum Gasteiger partial charge on any atom is -0.316 e. The largest absolute Gasteiger partial charge is 0.316 e. The first-order valence-electron chi connectivity index (χ1n) is 6.19. The van der Waals surface area contributed by atoms with E-state index in [2.05, 4.69) is 33.1 Å². The molecule has 3 unspecified atom stereocenters. The zero-order chi connectivity index (χ0) is 11.0. The monoisotopic (exact) mass is 197 g/mol. The van der Waals surface area contributed by atoms with Gasteiger partial charge in [-0.2, -0.15) is 0 Å². The third kappa shape index (κ3) is 1.32. The number of hydrogen-bond acceptors (Lipinski definition) is 1. The van der Waals surface area contributed by atoms with E-state index in [1.54, 1.807) is 0 Å². The van der Waals surface area contributed by atoms with Crippen molar-refractivity contribution in [2.24, 2.45) is 16.7 Å². The molecule has 0 aromatic heterocycles. The van der Waals surface area contributed by atoms with Gasteiger partial charge < -0.3 is 5.32 Å². The first-order chi connectivity index (χ1) is 6.52. The van der Waals surface area contributed by atoms with Gasteiger partial charge in [0.15, 0.2) is 0 Å². The van der Waals surface area contributed by atoms with Gasteiger partial charge >= 0.3 is 0 Å². The average molecular weight is 197 g/mol. The Bertz CT molecular complexity index is 197. The minimum atomic E-state index is 0.562. The van der Waals surface area contributed by atoms with Crippen LogP contribution in [0.1, 0.15) is 53.9 Å². The number of hydrogen-bond donors (Lipinski definition) is 1. The van der Waals surface area contributed by atoms with E-state index in [-0.39, 0.29) is 0 Å². The molecule has 0 aromatic rings. The summed E-state index contributed by atoms with van der Waals surface area (Å²) in [5.74, 6) is 0.972. The van der Waals surface area contributed by atoms with Crippen molar-refractivity contribution in [3.8, 4) is 0 Å². The molecule has 0 saturated heterocycles. The zero-order valence-corrected chi connectivity index (χ0v) is 10.8. The topological polar surface area (TPSA) is 12.0 Å². The lowest BCUT2D eigenvalue weighted by molar-refractivity contribution is 0.125. The third-order valence-electron chi connectivity index (χ3n) is 5.14. The van der Waals surface area contributed by atoms with Gasteiger partial charge in [0.25, 0.3) is 0 Å². The fourth-order valence-electron chi connectivity index (χ4n) is 3.64. The molecule has 0 aliphatic heterocycles. The molecule has 0 radical (unpaired) electrons. The van der Waals surface area contributed by atoms with Crippen molar-refractivity contribution in [3.63, 3.8) is 0 Å². The first-order valence-corrected chi connectivity index (χ1v) is 6.19. The van der Waals surface area contributed by atoms with Gasteiger partial charge in [-0.3, -0.25) is 0 Å². The third-order valence-corrected chi connectivity index (χ3v) is 5.14. The van der Waals surface area contributed by atoms with Gasteiger partial charge in [-0.15, -0.1) is 0 Å². The van der Waals surface area contributed by atoms with Crippen molar-refractivity contribution in [2.75, 3.05) is 7.05 Å². The van der Waals surface area contributed by atoms with Crippen LogP contribution >= 0.6 is 0 Å². The van der Waals surface area contributed by atoms with Gasteiger partial charge in [0.2, 0.25) is 0 Å². The van der Waals surface area contributed by atoms with Crippen molar-refractivity contribution in [3.05, 3.63) is 0 Å². The molecular weight excluding hydrogens is 170 g/mol. The average Bonchev–Trinajstić information content (AvgIpc) is 2.52. The van der Waals surface area contributed by atoms with Crippen molar-refractivity contribution < 1.29 is 0 Å². The van der Waals surface area contributed by atoms with Gasteiger partial charge in [0.05, 0.1) is 0 Å². The summed E-state index contributed by atoms with van der Waals surface area (Å²) in [6, 6.07) is 0.770. The van der Waals surface area contributed by atoms with E-state index < -0.39 is 0 Å². The lowest BCUT2D eigenvalue weighted by Gasteiger charge is -2.39. The Morgan fingerprint density at radius 2 is 1.71 bits per heavy atom. The maximum atomic E-state index is 3.49. The summed E-state index contributed by atoms with van der Waals surface area (Å²) in [6.07, 6.45) is 4.29. The molecule has 84 valence electrons. The van der Waals surface area contributed by atoms with Crippen LogP contribution in [0.3, 0.4) is 0 Å². The van der Waals surface area contributed by atoms with Crippen molar-refractivity contribution >= 4 is 0 Å². The summed E-state index contributed by atoms with van der Waals surface area (Å²) in [5.41, 5.74) is 1.13. The lowest BCUT2D eigenvalue weighted by Crippen LogP contribution is -2.42. The van der Waals surface area contributed by atoms with Crippen LogP contribution in [-0.4, -0.2) is 13.1 Å². The van der Waals surface area contributed by atoms with E-state index in [1.165, 1.54) is 19.3 Å². The van der Waals surface area contributed by atoms with Crippen LogP contribution in [0.15, 0.2) is 0 Å². The van der Waals surface area contributed by atoms with Crippen LogP contribution in [0.4, 0.5) is 0 Å². The Labute approximate surface area is 89.7 Å². The molecule has 2 rings (SSSR count). The van der Waals surface area contributed by atoms with Crippen LogP contribution in [0.2, 0.25) is 0 Å². The van der Waals surface area contributed by atoms with Crippen LogP contribution < -0.4 is 5.32 Å². The summed E-state index contributed by atoms with van der Waals surface area (Å²) >= 11 is 0. The smallest absolute Gasteiger partial charge is 0.0126 e.